The first-order valence-electron chi connectivity index (χ1n) is 14.4. The topological polar surface area (TPSA) is 70.2 Å². The molecule has 0 spiro atoms. The molecular formula is C32H36N4O2S. The van der Waals surface area contributed by atoms with Gasteiger partial charge in [0.05, 0.1) is 17.3 Å². The second-order valence-corrected chi connectivity index (χ2v) is 12.5. The number of aromatic nitrogens is 2. The minimum absolute atomic E-state index is 0.0250. The third-order valence-corrected chi connectivity index (χ3v) is 10.1. The largest absolute Gasteiger partial charge is 0.490 e. The molecule has 4 aromatic rings. The molecule has 7 rings (SSSR count). The first-order chi connectivity index (χ1) is 19.1. The minimum atomic E-state index is -0.0250. The molecule has 0 unspecified atom stereocenters. The van der Waals surface area contributed by atoms with Crippen molar-refractivity contribution in [2.45, 2.75) is 75.6 Å². The molecule has 39 heavy (non-hydrogen) atoms. The summed E-state index contributed by atoms with van der Waals surface area (Å²) in [4.78, 5) is 16.0. The summed E-state index contributed by atoms with van der Waals surface area (Å²) in [5.74, 6) is 1.39. The zero-order valence-corrected chi connectivity index (χ0v) is 23.3. The van der Waals surface area contributed by atoms with E-state index in [1.807, 2.05) is 18.2 Å². The Morgan fingerprint density at radius 1 is 1.05 bits per heavy atom. The highest BCUT2D eigenvalue weighted by atomic mass is 32.1. The Kier molecular flexibility index (Phi) is 6.65. The molecule has 3 aliphatic rings. The molecule has 2 aromatic heterocycles. The van der Waals surface area contributed by atoms with Gasteiger partial charge >= 0.3 is 0 Å². The smallest absolute Gasteiger partial charge is 0.251 e. The van der Waals surface area contributed by atoms with Crippen LogP contribution in [0, 0.1) is 5.92 Å². The molecule has 1 saturated carbocycles. The van der Waals surface area contributed by atoms with E-state index in [4.69, 9.17) is 4.74 Å². The van der Waals surface area contributed by atoms with Crippen LogP contribution in [0.25, 0.3) is 22.2 Å². The van der Waals surface area contributed by atoms with Crippen LogP contribution in [0.15, 0.2) is 59.3 Å². The third-order valence-electron chi connectivity index (χ3n) is 9.37. The molecule has 2 aliphatic heterocycles. The predicted molar refractivity (Wildman–Crippen MR) is 156 cm³/mol. The summed E-state index contributed by atoms with van der Waals surface area (Å²) >= 11 is 1.69. The Labute approximate surface area is 233 Å². The quantitative estimate of drug-likeness (QED) is 0.266. The number of carbonyl (C=O) groups excluding carboxylic acids is 1. The zero-order valence-electron chi connectivity index (χ0n) is 22.4. The fourth-order valence-electron chi connectivity index (χ4n) is 7.16. The Hall–Kier alpha value is -3.16. The first-order valence-corrected chi connectivity index (χ1v) is 15.4. The Bertz CT molecular complexity index is 1430. The second kappa shape index (κ2) is 10.4. The van der Waals surface area contributed by atoms with Crippen molar-refractivity contribution >= 4 is 28.1 Å². The molecule has 7 heteroatoms. The molecule has 4 heterocycles. The van der Waals surface area contributed by atoms with Gasteiger partial charge in [0.25, 0.3) is 5.91 Å². The van der Waals surface area contributed by atoms with Gasteiger partial charge in [-0.2, -0.15) is 16.4 Å². The molecule has 4 atom stereocenters. The van der Waals surface area contributed by atoms with Crippen LogP contribution in [0.3, 0.4) is 0 Å². The van der Waals surface area contributed by atoms with E-state index in [1.165, 1.54) is 44.1 Å². The van der Waals surface area contributed by atoms with Gasteiger partial charge in [-0.1, -0.05) is 12.8 Å². The summed E-state index contributed by atoms with van der Waals surface area (Å²) in [6.07, 6.45) is 9.93. The summed E-state index contributed by atoms with van der Waals surface area (Å²) in [5, 5.41) is 16.4. The van der Waals surface area contributed by atoms with Crippen molar-refractivity contribution in [1.82, 2.24) is 20.4 Å². The van der Waals surface area contributed by atoms with Crippen LogP contribution in [0.1, 0.15) is 73.3 Å². The van der Waals surface area contributed by atoms with Crippen molar-refractivity contribution in [3.8, 4) is 17.0 Å². The SMILES string of the molecule is CN1[C@@H]2CC[C@H]1C[C@H](Oc1ccc(-c3n[nH]c4ccc(C(=O)N[C@H](c5ccsc5)C5CCCC5)cc34)cc1)C2. The lowest BCUT2D eigenvalue weighted by Crippen LogP contribution is -2.43. The molecule has 1 aliphatic carbocycles. The van der Waals surface area contributed by atoms with Gasteiger partial charge in [-0.05, 0) is 116 Å². The van der Waals surface area contributed by atoms with Crippen LogP contribution in [0.2, 0.25) is 0 Å². The number of thiophene rings is 1. The fourth-order valence-corrected chi connectivity index (χ4v) is 7.85. The van der Waals surface area contributed by atoms with Crippen LogP contribution < -0.4 is 10.1 Å². The number of aromatic amines is 1. The fraction of sp³-hybridized carbons (Fsp3) is 0.438. The van der Waals surface area contributed by atoms with Gasteiger partial charge < -0.3 is 15.0 Å². The molecular weight excluding hydrogens is 504 g/mol. The number of fused-ring (bicyclic) bond motifs is 3. The van der Waals surface area contributed by atoms with E-state index in [-0.39, 0.29) is 11.9 Å². The number of piperidine rings is 1. The molecule has 2 saturated heterocycles. The summed E-state index contributed by atoms with van der Waals surface area (Å²) in [7, 11) is 2.26. The first kappa shape index (κ1) is 24.9. The maximum absolute atomic E-state index is 13.5. The van der Waals surface area contributed by atoms with Gasteiger partial charge in [0.1, 0.15) is 11.9 Å². The van der Waals surface area contributed by atoms with E-state index in [1.54, 1.807) is 11.3 Å². The molecule has 2 aromatic carbocycles. The number of hydrogen-bond donors (Lipinski definition) is 2. The monoisotopic (exact) mass is 540 g/mol. The van der Waals surface area contributed by atoms with Crippen molar-refractivity contribution < 1.29 is 9.53 Å². The van der Waals surface area contributed by atoms with E-state index in [0.29, 0.717) is 29.7 Å². The van der Waals surface area contributed by atoms with Gasteiger partial charge in [-0.25, -0.2) is 0 Å². The Morgan fingerprint density at radius 2 is 1.82 bits per heavy atom. The van der Waals surface area contributed by atoms with Crippen molar-refractivity contribution in [2.75, 3.05) is 7.05 Å². The van der Waals surface area contributed by atoms with Crippen LogP contribution in [0.5, 0.6) is 5.75 Å². The molecule has 6 nitrogen and oxygen atoms in total. The lowest BCUT2D eigenvalue weighted by molar-refractivity contribution is 0.0662. The van der Waals surface area contributed by atoms with Crippen molar-refractivity contribution in [3.05, 3.63) is 70.4 Å². The van der Waals surface area contributed by atoms with E-state index < -0.39 is 0 Å². The van der Waals surface area contributed by atoms with E-state index in [9.17, 15) is 4.79 Å². The maximum Gasteiger partial charge on any atom is 0.251 e. The summed E-state index contributed by atoms with van der Waals surface area (Å²) in [6.45, 7) is 0. The number of carbonyl (C=O) groups is 1. The average Bonchev–Trinajstić information content (AvgIpc) is 3.76. The Balaban J connectivity index is 1.08. The lowest BCUT2D eigenvalue weighted by Gasteiger charge is -2.36. The van der Waals surface area contributed by atoms with Gasteiger partial charge in [0.2, 0.25) is 0 Å². The number of nitrogens with one attached hydrogen (secondary N) is 2. The number of H-pyrrole nitrogens is 1. The predicted octanol–water partition coefficient (Wildman–Crippen LogP) is 6.96. The Morgan fingerprint density at radius 3 is 2.54 bits per heavy atom. The van der Waals surface area contributed by atoms with E-state index >= 15 is 0 Å². The number of rotatable bonds is 7. The van der Waals surface area contributed by atoms with Crippen molar-refractivity contribution in [3.63, 3.8) is 0 Å². The summed E-state index contributed by atoms with van der Waals surface area (Å²) in [5.41, 5.74) is 4.68. The standard InChI is InChI=1S/C32H36N4O2S/c1-36-24-9-10-25(36)18-27(17-24)38-26-11-6-21(7-12-26)31-28-16-22(8-13-29(28)34-35-31)32(37)33-30(20-4-2-3-5-20)23-14-15-39-19-23/h6-8,11-16,19-20,24-25,27,30H,2-5,9-10,17-18H2,1H3,(H,33,37)(H,34,35)/t24-,25+,27-,30-/m0/s1. The number of amides is 1. The molecule has 0 radical (unpaired) electrons. The van der Waals surface area contributed by atoms with E-state index in [0.717, 1.165) is 40.8 Å². The summed E-state index contributed by atoms with van der Waals surface area (Å²) < 4.78 is 6.40. The maximum atomic E-state index is 13.5. The third kappa shape index (κ3) is 4.87. The van der Waals surface area contributed by atoms with Crippen LogP contribution >= 0.6 is 11.3 Å². The normalized spacial score (nSPS) is 24.3. The minimum Gasteiger partial charge on any atom is -0.490 e. The van der Waals surface area contributed by atoms with Crippen LogP contribution in [-0.4, -0.2) is 46.2 Å². The van der Waals surface area contributed by atoms with Gasteiger partial charge in [0, 0.05) is 28.6 Å². The van der Waals surface area contributed by atoms with Crippen LogP contribution in [0.4, 0.5) is 0 Å². The van der Waals surface area contributed by atoms with Crippen LogP contribution in [-0.2, 0) is 0 Å². The average molecular weight is 541 g/mol. The molecule has 202 valence electrons. The van der Waals surface area contributed by atoms with Crippen molar-refractivity contribution in [2.24, 2.45) is 5.92 Å². The zero-order chi connectivity index (χ0) is 26.3. The second-order valence-electron chi connectivity index (χ2n) is 11.7. The van der Waals surface area contributed by atoms with Gasteiger partial charge in [-0.15, -0.1) is 0 Å². The molecule has 2 bridgehead atoms. The number of nitrogens with zero attached hydrogens (tertiary/aromatic N) is 2. The highest BCUT2D eigenvalue weighted by molar-refractivity contribution is 7.08. The summed E-state index contributed by atoms with van der Waals surface area (Å²) in [6, 6.07) is 17.6. The number of hydrogen-bond acceptors (Lipinski definition) is 5. The van der Waals surface area contributed by atoms with Gasteiger partial charge in [0.15, 0.2) is 0 Å². The highest BCUT2D eigenvalue weighted by Gasteiger charge is 2.39. The molecule has 2 N–H and O–H groups in total. The number of benzene rings is 2. The van der Waals surface area contributed by atoms with Crippen molar-refractivity contribution in [1.29, 1.82) is 0 Å². The van der Waals surface area contributed by atoms with Gasteiger partial charge in [-0.3, -0.25) is 9.89 Å². The lowest BCUT2D eigenvalue weighted by atomic mass is 9.93. The highest BCUT2D eigenvalue weighted by Crippen LogP contribution is 2.38. The van der Waals surface area contributed by atoms with E-state index in [2.05, 4.69) is 68.6 Å². The number of ether oxygens (including phenoxy) is 1. The molecule has 3 fully saturated rings. The molecule has 1 amide bonds.